The van der Waals surface area contributed by atoms with Crippen LogP contribution in [-0.4, -0.2) is 159 Å². The maximum Gasteiger partial charge on any atom is 0.329 e. The number of thioether (sulfide) groups is 2. The third-order valence-corrected chi connectivity index (χ3v) is 14.5. The van der Waals surface area contributed by atoms with Crippen LogP contribution in [-0.2, 0) is 49.2 Å². The molecule has 0 saturated heterocycles. The number of hydrogen-bond donors (Lipinski definition) is 4. The van der Waals surface area contributed by atoms with Crippen LogP contribution in [0.3, 0.4) is 0 Å². The van der Waals surface area contributed by atoms with Crippen molar-refractivity contribution in [3.8, 4) is 23.0 Å². The molecule has 2 atom stereocenters. The third kappa shape index (κ3) is 8.92. The van der Waals surface area contributed by atoms with Crippen molar-refractivity contribution in [2.24, 2.45) is 0 Å². The van der Waals surface area contributed by atoms with Crippen LogP contribution in [0.15, 0.2) is 25.0 Å². The minimum absolute atomic E-state index is 0.00684. The molecule has 19 nitrogen and oxygen atoms in total. The fraction of sp³-hybridized carbons (Fsp3) is 0.479. The van der Waals surface area contributed by atoms with Crippen molar-refractivity contribution < 1.29 is 72.0 Å². The summed E-state index contributed by atoms with van der Waals surface area (Å²) < 4.78 is 57.5. The van der Waals surface area contributed by atoms with Crippen LogP contribution in [0, 0.1) is 0 Å². The number of benzene rings is 5. The lowest BCUT2D eigenvalue weighted by atomic mass is 9.82. The quantitative estimate of drug-likeness (QED) is 0.0315. The lowest BCUT2D eigenvalue weighted by Gasteiger charge is -2.32. The summed E-state index contributed by atoms with van der Waals surface area (Å²) in [5.74, 6) is -0.571. The van der Waals surface area contributed by atoms with Gasteiger partial charge in [-0.3, -0.25) is 14.4 Å². The van der Waals surface area contributed by atoms with E-state index in [4.69, 9.17) is 57.6 Å². The molecule has 21 heteroatoms. The first-order valence-electron chi connectivity index (χ1n) is 22.3. The topological polar surface area (TPSA) is 242 Å². The zero-order valence-electron chi connectivity index (χ0n) is 39.1. The molecule has 0 radical (unpaired) electrons. The fourth-order valence-electron chi connectivity index (χ4n) is 9.54. The molecular formula is C48H54N2O17S2. The Kier molecular flexibility index (Phi) is 15.7. The molecule has 0 fully saturated rings. The zero-order chi connectivity index (χ0) is 49.1. The molecule has 5 aromatic rings. The number of hydrogen-bond acceptors (Lipinski definition) is 21. The van der Waals surface area contributed by atoms with Crippen molar-refractivity contribution in [1.82, 2.24) is 0 Å². The van der Waals surface area contributed by atoms with Gasteiger partial charge >= 0.3 is 11.9 Å². The van der Waals surface area contributed by atoms with Crippen LogP contribution in [0.4, 0.5) is 11.4 Å². The molecule has 69 heavy (non-hydrogen) atoms. The second kappa shape index (κ2) is 21.7. The molecule has 0 spiro atoms. The van der Waals surface area contributed by atoms with E-state index >= 15 is 9.59 Å². The van der Waals surface area contributed by atoms with Gasteiger partial charge in [0.05, 0.1) is 126 Å². The predicted molar refractivity (Wildman–Crippen MR) is 260 cm³/mol. The van der Waals surface area contributed by atoms with Gasteiger partial charge in [0.15, 0.2) is 17.3 Å². The van der Waals surface area contributed by atoms with E-state index in [0.717, 1.165) is 0 Å². The van der Waals surface area contributed by atoms with Gasteiger partial charge in [-0.25, -0.2) is 9.59 Å². The van der Waals surface area contributed by atoms with E-state index in [0.29, 0.717) is 76.1 Å². The molecule has 1 aliphatic carbocycles. The molecule has 2 heterocycles. The summed E-state index contributed by atoms with van der Waals surface area (Å²) in [4.78, 5) is 73.0. The van der Waals surface area contributed by atoms with Gasteiger partial charge in [0, 0.05) is 55.1 Å². The number of aliphatic hydroxyl groups excluding tert-OH is 2. The van der Waals surface area contributed by atoms with Gasteiger partial charge in [-0.15, -0.1) is 23.5 Å². The molecule has 2 aliphatic heterocycles. The third-order valence-electron chi connectivity index (χ3n) is 12.2. The largest absolute Gasteiger partial charge is 0.495 e. The van der Waals surface area contributed by atoms with Crippen molar-refractivity contribution in [2.45, 2.75) is 42.1 Å². The predicted octanol–water partition coefficient (Wildman–Crippen LogP) is 3.76. The fourth-order valence-corrected chi connectivity index (χ4v) is 11.9. The Morgan fingerprint density at radius 1 is 0.551 bits per heavy atom. The number of nitrogens with one attached hydrogen (secondary N) is 2. The lowest BCUT2D eigenvalue weighted by molar-refractivity contribution is -0.146. The first-order valence-corrected chi connectivity index (χ1v) is 24.3. The number of fused-ring (bicyclic) bond motifs is 5. The second-order valence-corrected chi connectivity index (χ2v) is 18.2. The Balaban J connectivity index is 1.34. The summed E-state index contributed by atoms with van der Waals surface area (Å²) >= 11 is 2.58. The van der Waals surface area contributed by atoms with Crippen LogP contribution < -0.4 is 40.4 Å². The number of aliphatic hydroxyl groups is 2. The SMILES string of the molecule is COc1c2c3c4c(c(OC)c(=O)c5c6c(c(OC)c(c7c(OC)c8c(c(c1=O)c37)NC(C(=O)OCCOCCOCCO)CS8)c54)SCC(C(=O)OCCOCCOCCO)N6)C(C(C)=O)=C(C)C2. The van der Waals surface area contributed by atoms with E-state index in [-0.39, 0.29) is 136 Å². The summed E-state index contributed by atoms with van der Waals surface area (Å²) in [6, 6.07) is -1.82. The van der Waals surface area contributed by atoms with Crippen molar-refractivity contribution >= 4 is 101 Å². The van der Waals surface area contributed by atoms with E-state index in [2.05, 4.69) is 10.6 Å². The number of carbonyl (C=O) groups excluding carboxylic acids is 3. The van der Waals surface area contributed by atoms with Gasteiger partial charge < -0.3 is 68.2 Å². The highest BCUT2D eigenvalue weighted by molar-refractivity contribution is 8.00. The molecule has 4 N–H and O–H groups in total. The highest BCUT2D eigenvalue weighted by atomic mass is 32.2. The Labute approximate surface area is 404 Å². The van der Waals surface area contributed by atoms with Gasteiger partial charge in [-0.05, 0) is 25.7 Å². The van der Waals surface area contributed by atoms with Crippen molar-refractivity contribution in [3.05, 3.63) is 37.1 Å². The first kappa shape index (κ1) is 50.0. The van der Waals surface area contributed by atoms with Gasteiger partial charge in [-0.1, -0.05) is 5.57 Å². The van der Waals surface area contributed by atoms with Crippen molar-refractivity contribution in [1.29, 1.82) is 0 Å². The monoisotopic (exact) mass is 994 g/mol. The van der Waals surface area contributed by atoms with E-state index in [9.17, 15) is 14.4 Å². The van der Waals surface area contributed by atoms with Crippen molar-refractivity contribution in [2.75, 3.05) is 130 Å². The number of ketones is 1. The van der Waals surface area contributed by atoms with Gasteiger partial charge in [0.1, 0.15) is 36.8 Å². The van der Waals surface area contributed by atoms with E-state index in [1.54, 1.807) is 6.92 Å². The molecule has 370 valence electrons. The second-order valence-electron chi connectivity index (χ2n) is 16.2. The smallest absolute Gasteiger partial charge is 0.329 e. The van der Waals surface area contributed by atoms with Gasteiger partial charge in [0.2, 0.25) is 10.9 Å². The molecule has 0 amide bonds. The summed E-state index contributed by atoms with van der Waals surface area (Å²) in [7, 11) is 5.76. The normalized spacial score (nSPS) is 16.3. The maximum absolute atomic E-state index is 15.4. The summed E-state index contributed by atoms with van der Waals surface area (Å²) in [6.07, 6.45) is 0.0799. The number of allylic oxidation sites excluding steroid dienone is 2. The number of esters is 2. The van der Waals surface area contributed by atoms with Crippen LogP contribution in [0.2, 0.25) is 0 Å². The molecule has 3 aliphatic rings. The van der Waals surface area contributed by atoms with E-state index < -0.39 is 34.9 Å². The number of ether oxygens (including phenoxy) is 10. The molecule has 0 saturated carbocycles. The number of Topliss-reactive ketones (excluding diaryl/α,β-unsaturated/α-hetero) is 1. The van der Waals surface area contributed by atoms with E-state index in [1.807, 2.05) is 0 Å². The van der Waals surface area contributed by atoms with Crippen LogP contribution in [0.25, 0.3) is 48.7 Å². The van der Waals surface area contributed by atoms with E-state index in [1.165, 1.54) is 58.9 Å². The first-order chi connectivity index (χ1) is 33.5. The number of anilines is 2. The van der Waals surface area contributed by atoms with Crippen LogP contribution in [0.1, 0.15) is 25.0 Å². The summed E-state index contributed by atoms with van der Waals surface area (Å²) in [5.41, 5.74) is 1.08. The van der Waals surface area contributed by atoms with Crippen LogP contribution in [0.5, 0.6) is 23.0 Å². The van der Waals surface area contributed by atoms with Gasteiger partial charge in [0.25, 0.3) is 0 Å². The number of methoxy groups -OCH3 is 4. The Morgan fingerprint density at radius 2 is 0.971 bits per heavy atom. The Morgan fingerprint density at radius 3 is 1.41 bits per heavy atom. The average Bonchev–Trinajstić information content (AvgIpc) is 3.48. The standard InChI is InChI=1S/C48H54N2O17S2/c1-22-19-24-28-29-31-34(33-30(28)35(39(54)41(24)58-3)37-45(43(33)60-5)68-20-25(49-37)47(56)66-17-15-64-13-11-62-9-7-51)44(61-6)46-38(36(31)40(55)42(59-4)32(29)27(22)23(2)53)50-26(21-69-46)48(57)67-18-16-65-14-12-63-10-8-52/h25-26,49-52H,7-21H2,1-6H3. The Hall–Kier alpha value is -5.39. The average molecular weight is 995 g/mol. The summed E-state index contributed by atoms with van der Waals surface area (Å²) in [6.45, 7) is 4.53. The highest BCUT2D eigenvalue weighted by Gasteiger charge is 2.41. The molecule has 0 bridgehead atoms. The van der Waals surface area contributed by atoms with Crippen molar-refractivity contribution in [3.63, 3.8) is 0 Å². The summed E-state index contributed by atoms with van der Waals surface area (Å²) in [5, 5.41) is 27.4. The lowest BCUT2D eigenvalue weighted by Crippen LogP contribution is -2.37. The van der Waals surface area contributed by atoms with Crippen LogP contribution >= 0.6 is 23.5 Å². The molecule has 5 aromatic carbocycles. The number of carbonyl (C=O) groups is 3. The highest BCUT2D eigenvalue weighted by Crippen LogP contribution is 2.60. The molecule has 2 unspecified atom stereocenters. The zero-order valence-corrected chi connectivity index (χ0v) is 40.7. The minimum atomic E-state index is -0.918. The molecular weight excluding hydrogens is 941 g/mol. The Bertz CT molecular complexity index is 2960. The molecule has 8 rings (SSSR count). The van der Waals surface area contributed by atoms with Gasteiger partial charge in [-0.2, -0.15) is 0 Å². The number of rotatable bonds is 23. The minimum Gasteiger partial charge on any atom is -0.495 e. The maximum atomic E-state index is 15.4. The molecule has 0 aromatic heterocycles.